The Bertz CT molecular complexity index is 437. The minimum Gasteiger partial charge on any atom is -0.368 e. The van der Waals surface area contributed by atoms with Crippen LogP contribution >= 0.6 is 0 Å². The molecule has 0 rings (SSSR count). The zero-order chi connectivity index (χ0) is 18.4. The summed E-state index contributed by atoms with van der Waals surface area (Å²) in [5.74, 6) is -1.25. The molecule has 0 heterocycles. The monoisotopic (exact) mass is 327 g/mol. The van der Waals surface area contributed by atoms with Crippen LogP contribution in [0.3, 0.4) is 0 Å². The van der Waals surface area contributed by atoms with Gasteiger partial charge in [-0.1, -0.05) is 48.5 Å². The highest BCUT2D eigenvalue weighted by Crippen LogP contribution is 2.35. The zero-order valence-corrected chi connectivity index (χ0v) is 15.6. The number of carbonyl (C=O) groups excluding carboxylic acids is 3. The number of amides is 3. The van der Waals surface area contributed by atoms with E-state index in [0.29, 0.717) is 6.42 Å². The van der Waals surface area contributed by atoms with Gasteiger partial charge < -0.3 is 16.4 Å². The van der Waals surface area contributed by atoms with E-state index in [-0.39, 0.29) is 35.1 Å². The quantitative estimate of drug-likeness (QED) is 0.631. The smallest absolute Gasteiger partial charge is 0.243 e. The van der Waals surface area contributed by atoms with E-state index in [0.717, 1.165) is 6.42 Å². The molecule has 0 aliphatic heterocycles. The van der Waals surface area contributed by atoms with E-state index in [1.165, 1.54) is 0 Å². The molecule has 0 aromatic carbocycles. The van der Waals surface area contributed by atoms with Gasteiger partial charge in [0, 0.05) is 6.42 Å². The summed E-state index contributed by atoms with van der Waals surface area (Å²) in [7, 11) is 0. The Morgan fingerprint density at radius 3 is 1.96 bits per heavy atom. The average Bonchev–Trinajstić information content (AvgIpc) is 2.28. The van der Waals surface area contributed by atoms with Gasteiger partial charge in [0.15, 0.2) is 0 Å². The van der Waals surface area contributed by atoms with Crippen LogP contribution in [-0.2, 0) is 14.4 Å². The summed E-state index contributed by atoms with van der Waals surface area (Å²) in [6.45, 7) is 14.0. The number of hydrogen-bond donors (Lipinski definition) is 3. The Morgan fingerprint density at radius 1 is 1.04 bits per heavy atom. The summed E-state index contributed by atoms with van der Waals surface area (Å²) in [5.41, 5.74) is 4.99. The van der Waals surface area contributed by atoms with Crippen LogP contribution in [0.5, 0.6) is 0 Å². The van der Waals surface area contributed by atoms with Gasteiger partial charge in [0.2, 0.25) is 17.7 Å². The van der Waals surface area contributed by atoms with Crippen molar-refractivity contribution in [2.24, 2.45) is 22.5 Å². The van der Waals surface area contributed by atoms with Gasteiger partial charge in [0.05, 0.1) is 6.54 Å². The Hall–Kier alpha value is -1.59. The Kier molecular flexibility index (Phi) is 7.74. The lowest BCUT2D eigenvalue weighted by Gasteiger charge is -2.32. The summed E-state index contributed by atoms with van der Waals surface area (Å²) in [4.78, 5) is 35.2. The topological polar surface area (TPSA) is 101 Å². The minimum absolute atomic E-state index is 0.0856. The number of rotatable bonds is 8. The summed E-state index contributed by atoms with van der Waals surface area (Å²) in [5, 5.41) is 5.22. The average molecular weight is 327 g/mol. The fourth-order valence-corrected chi connectivity index (χ4v) is 2.98. The molecule has 6 nitrogen and oxygen atoms in total. The number of nitrogens with one attached hydrogen (secondary N) is 2. The maximum absolute atomic E-state index is 12.3. The molecule has 0 fully saturated rings. The van der Waals surface area contributed by atoms with Crippen molar-refractivity contribution in [2.45, 2.75) is 67.3 Å². The molecule has 1 atom stereocenters. The SMILES string of the molecule is CC(C)C(NC(=O)CC(C)(C)CC(C)(C)C)C(=O)NCC(N)=O. The van der Waals surface area contributed by atoms with Gasteiger partial charge in [-0.15, -0.1) is 0 Å². The molecule has 0 saturated carbocycles. The van der Waals surface area contributed by atoms with Crippen LogP contribution in [0.2, 0.25) is 0 Å². The van der Waals surface area contributed by atoms with Crippen molar-refractivity contribution in [1.82, 2.24) is 10.6 Å². The summed E-state index contributed by atoms with van der Waals surface area (Å²) >= 11 is 0. The third-order valence-corrected chi connectivity index (χ3v) is 3.35. The maximum Gasteiger partial charge on any atom is 0.243 e. The molecule has 3 amide bonds. The summed E-state index contributed by atoms with van der Waals surface area (Å²) < 4.78 is 0. The van der Waals surface area contributed by atoms with Crippen molar-refractivity contribution in [3.8, 4) is 0 Å². The second-order valence-electron chi connectivity index (χ2n) is 8.55. The molecular formula is C17H33N3O3. The maximum atomic E-state index is 12.3. The number of hydrogen-bond acceptors (Lipinski definition) is 3. The standard InChI is InChI=1S/C17H33N3O3/c1-11(2)14(15(23)19-9-12(18)21)20-13(22)8-17(6,7)10-16(3,4)5/h11,14H,8-10H2,1-7H3,(H2,18,21)(H,19,23)(H,20,22). The summed E-state index contributed by atoms with van der Waals surface area (Å²) in [6, 6.07) is -0.674. The van der Waals surface area contributed by atoms with Crippen molar-refractivity contribution in [2.75, 3.05) is 6.54 Å². The zero-order valence-electron chi connectivity index (χ0n) is 15.6. The fraction of sp³-hybridized carbons (Fsp3) is 0.824. The molecule has 0 aromatic rings. The molecule has 134 valence electrons. The number of carbonyl (C=O) groups is 3. The van der Waals surface area contributed by atoms with Gasteiger partial charge in [0.25, 0.3) is 0 Å². The Balaban J connectivity index is 4.74. The molecule has 0 bridgehead atoms. The Labute approximate surface area is 140 Å². The molecule has 0 spiro atoms. The second kappa shape index (κ2) is 8.31. The van der Waals surface area contributed by atoms with E-state index in [1.54, 1.807) is 0 Å². The van der Waals surface area contributed by atoms with Gasteiger partial charge >= 0.3 is 0 Å². The molecule has 6 heteroatoms. The van der Waals surface area contributed by atoms with Crippen molar-refractivity contribution < 1.29 is 14.4 Å². The first-order valence-corrected chi connectivity index (χ1v) is 8.09. The van der Waals surface area contributed by atoms with Crippen LogP contribution < -0.4 is 16.4 Å². The molecule has 0 aliphatic carbocycles. The van der Waals surface area contributed by atoms with Gasteiger partial charge in [-0.2, -0.15) is 0 Å². The van der Waals surface area contributed by atoms with Crippen molar-refractivity contribution >= 4 is 17.7 Å². The van der Waals surface area contributed by atoms with Crippen LogP contribution in [0, 0.1) is 16.7 Å². The molecule has 0 radical (unpaired) electrons. The van der Waals surface area contributed by atoms with E-state index in [2.05, 4.69) is 45.3 Å². The van der Waals surface area contributed by atoms with Crippen molar-refractivity contribution in [3.05, 3.63) is 0 Å². The van der Waals surface area contributed by atoms with E-state index < -0.39 is 11.9 Å². The summed E-state index contributed by atoms with van der Waals surface area (Å²) in [6.07, 6.45) is 1.24. The lowest BCUT2D eigenvalue weighted by atomic mass is 9.74. The third-order valence-electron chi connectivity index (χ3n) is 3.35. The molecule has 0 saturated heterocycles. The second-order valence-corrected chi connectivity index (χ2v) is 8.55. The van der Waals surface area contributed by atoms with Crippen LogP contribution in [-0.4, -0.2) is 30.3 Å². The predicted octanol–water partition coefficient (Wildman–Crippen LogP) is 1.58. The number of primary amides is 1. The van der Waals surface area contributed by atoms with E-state index in [9.17, 15) is 14.4 Å². The molecule has 0 aromatic heterocycles. The van der Waals surface area contributed by atoms with Crippen LogP contribution in [0.4, 0.5) is 0 Å². The highest BCUT2D eigenvalue weighted by atomic mass is 16.2. The molecule has 1 unspecified atom stereocenters. The van der Waals surface area contributed by atoms with Gasteiger partial charge in [-0.3, -0.25) is 14.4 Å². The molecular weight excluding hydrogens is 294 g/mol. The van der Waals surface area contributed by atoms with Gasteiger partial charge in [-0.25, -0.2) is 0 Å². The van der Waals surface area contributed by atoms with Crippen LogP contribution in [0.1, 0.15) is 61.3 Å². The highest BCUT2D eigenvalue weighted by molar-refractivity contribution is 5.90. The first-order valence-electron chi connectivity index (χ1n) is 8.09. The normalized spacial score (nSPS) is 13.6. The first-order chi connectivity index (χ1) is 10.2. The highest BCUT2D eigenvalue weighted by Gasteiger charge is 2.30. The largest absolute Gasteiger partial charge is 0.368 e. The van der Waals surface area contributed by atoms with Crippen molar-refractivity contribution in [3.63, 3.8) is 0 Å². The fourth-order valence-electron chi connectivity index (χ4n) is 2.98. The van der Waals surface area contributed by atoms with E-state index in [1.807, 2.05) is 13.8 Å². The lowest BCUT2D eigenvalue weighted by Crippen LogP contribution is -2.51. The number of nitrogens with two attached hydrogens (primary N) is 1. The van der Waals surface area contributed by atoms with Crippen molar-refractivity contribution in [1.29, 1.82) is 0 Å². The third kappa shape index (κ3) is 9.92. The Morgan fingerprint density at radius 2 is 1.57 bits per heavy atom. The lowest BCUT2D eigenvalue weighted by molar-refractivity contribution is -0.132. The van der Waals surface area contributed by atoms with Gasteiger partial charge in [0.1, 0.15) is 6.04 Å². The predicted molar refractivity (Wildman–Crippen MR) is 91.4 cm³/mol. The van der Waals surface area contributed by atoms with Gasteiger partial charge in [-0.05, 0) is 23.2 Å². The van der Waals surface area contributed by atoms with E-state index >= 15 is 0 Å². The van der Waals surface area contributed by atoms with E-state index in [4.69, 9.17) is 5.73 Å². The van der Waals surface area contributed by atoms with Crippen LogP contribution in [0.15, 0.2) is 0 Å². The minimum atomic E-state index is -0.674. The molecule has 4 N–H and O–H groups in total. The van der Waals surface area contributed by atoms with Crippen LogP contribution in [0.25, 0.3) is 0 Å². The molecule has 0 aliphatic rings. The molecule has 23 heavy (non-hydrogen) atoms. The first kappa shape index (κ1) is 21.4.